The van der Waals surface area contributed by atoms with E-state index >= 15 is 0 Å². The molecule has 0 radical (unpaired) electrons. The Morgan fingerprint density at radius 1 is 1.02 bits per heavy atom. The van der Waals surface area contributed by atoms with Crippen molar-refractivity contribution in [1.82, 2.24) is 9.55 Å². The normalized spacial score (nSPS) is 19.2. The van der Waals surface area contributed by atoms with E-state index in [0.717, 1.165) is 35.1 Å². The molecule has 216 valence electrons. The van der Waals surface area contributed by atoms with Crippen LogP contribution in [0.25, 0.3) is 11.1 Å². The third kappa shape index (κ3) is 5.97. The van der Waals surface area contributed by atoms with E-state index < -0.39 is 36.2 Å². The molecule has 1 N–H and O–H groups in total. The minimum Gasteiger partial charge on any atom is -0.475 e. The summed E-state index contributed by atoms with van der Waals surface area (Å²) in [6, 6.07) is 15.7. The van der Waals surface area contributed by atoms with Crippen LogP contribution in [-0.2, 0) is 19.0 Å². The molecule has 5 rings (SSSR count). The third-order valence-electron chi connectivity index (χ3n) is 8.28. The number of fused-ring (bicyclic) bond motifs is 3. The summed E-state index contributed by atoms with van der Waals surface area (Å²) in [6.45, 7) is 5.69. The summed E-state index contributed by atoms with van der Waals surface area (Å²) in [5.41, 5.74) is 2.76. The number of aromatic nitrogens is 2. The molecule has 2 aliphatic rings. The van der Waals surface area contributed by atoms with Gasteiger partial charge in [0.1, 0.15) is 12.8 Å². The van der Waals surface area contributed by atoms with Gasteiger partial charge in [0.05, 0.1) is 12.3 Å². The van der Waals surface area contributed by atoms with Crippen molar-refractivity contribution in [1.29, 1.82) is 0 Å². The first-order valence-electron chi connectivity index (χ1n) is 14.0. The largest absolute Gasteiger partial charge is 0.516 e. The molecule has 3 aromatic rings. The van der Waals surface area contributed by atoms with Crippen molar-refractivity contribution in [3.63, 3.8) is 0 Å². The van der Waals surface area contributed by atoms with E-state index in [2.05, 4.69) is 25.8 Å². The number of rotatable bonds is 9. The maximum Gasteiger partial charge on any atom is 0.516 e. The molecule has 10 nitrogen and oxygen atoms in total. The van der Waals surface area contributed by atoms with Gasteiger partial charge in [0.15, 0.2) is 6.61 Å². The fraction of sp³-hybridized carbons (Fsp3) is 0.419. The average molecular weight is 563 g/mol. The number of benzene rings is 2. The van der Waals surface area contributed by atoms with Crippen LogP contribution in [0.2, 0.25) is 0 Å². The first-order chi connectivity index (χ1) is 19.8. The maximum atomic E-state index is 12.5. The topological polar surface area (TPSA) is 126 Å². The predicted octanol–water partition coefficient (Wildman–Crippen LogP) is 4.77. The number of H-pyrrole nitrogens is 1. The predicted molar refractivity (Wildman–Crippen MR) is 150 cm³/mol. The highest BCUT2D eigenvalue weighted by atomic mass is 16.7. The van der Waals surface area contributed by atoms with E-state index in [1.807, 2.05) is 48.5 Å². The van der Waals surface area contributed by atoms with E-state index in [1.165, 1.54) is 10.8 Å². The number of aromatic amines is 1. The van der Waals surface area contributed by atoms with E-state index in [1.54, 1.807) is 0 Å². The van der Waals surface area contributed by atoms with Crippen LogP contribution in [0.5, 0.6) is 5.75 Å². The number of carbonyl (C=O) groups excluding carboxylic acids is 2. The van der Waals surface area contributed by atoms with E-state index in [9.17, 15) is 19.2 Å². The summed E-state index contributed by atoms with van der Waals surface area (Å²) in [6.07, 6.45) is 1.89. The second-order valence-corrected chi connectivity index (χ2v) is 10.7. The van der Waals surface area contributed by atoms with E-state index in [-0.39, 0.29) is 24.4 Å². The molecule has 2 heterocycles. The Morgan fingerprint density at radius 3 is 2.34 bits per heavy atom. The molecule has 0 saturated carbocycles. The van der Waals surface area contributed by atoms with Gasteiger partial charge in [-0.25, -0.2) is 14.4 Å². The number of nitrogens with one attached hydrogen (secondary N) is 1. The van der Waals surface area contributed by atoms with Crippen LogP contribution in [0.3, 0.4) is 0 Å². The van der Waals surface area contributed by atoms with Gasteiger partial charge in [0.2, 0.25) is 5.75 Å². The number of ether oxygens (including phenoxy) is 4. The maximum absolute atomic E-state index is 12.5. The van der Waals surface area contributed by atoms with Gasteiger partial charge in [0, 0.05) is 5.92 Å². The van der Waals surface area contributed by atoms with Gasteiger partial charge in [-0.3, -0.25) is 14.3 Å². The SMILES string of the molecule is CCC(C)C(C)C1CCC(n2cc(OCC(=O)OC(=O)OCC3c4ccccc4-c4ccccc43)c(=O)[nH]c2=O)O1. The van der Waals surface area contributed by atoms with Crippen molar-refractivity contribution in [2.45, 2.75) is 58.3 Å². The summed E-state index contributed by atoms with van der Waals surface area (Å²) in [7, 11) is 0. The lowest BCUT2D eigenvalue weighted by Crippen LogP contribution is -2.34. The molecular formula is C31H34N2O8. The average Bonchev–Trinajstić information content (AvgIpc) is 3.58. The van der Waals surface area contributed by atoms with Crippen molar-refractivity contribution in [3.05, 3.63) is 86.7 Å². The Bertz CT molecular complexity index is 1500. The van der Waals surface area contributed by atoms with Gasteiger partial charge < -0.3 is 18.9 Å². The molecular weight excluding hydrogens is 528 g/mol. The zero-order valence-electron chi connectivity index (χ0n) is 23.3. The number of carbonyl (C=O) groups is 2. The van der Waals surface area contributed by atoms with Crippen molar-refractivity contribution in [2.75, 3.05) is 13.2 Å². The van der Waals surface area contributed by atoms with Gasteiger partial charge >= 0.3 is 17.8 Å². The fourth-order valence-corrected chi connectivity index (χ4v) is 5.64. The van der Waals surface area contributed by atoms with Crippen molar-refractivity contribution >= 4 is 12.1 Å². The number of hydrogen-bond donors (Lipinski definition) is 1. The highest BCUT2D eigenvalue weighted by molar-refractivity contribution is 5.83. The molecule has 10 heteroatoms. The molecule has 0 amide bonds. The molecule has 2 aromatic carbocycles. The molecule has 0 spiro atoms. The Hall–Kier alpha value is -4.18. The third-order valence-corrected chi connectivity index (χ3v) is 8.28. The molecule has 1 aliphatic carbocycles. The molecule has 4 atom stereocenters. The zero-order valence-corrected chi connectivity index (χ0v) is 23.3. The lowest BCUT2D eigenvalue weighted by atomic mass is 9.88. The Balaban J connectivity index is 1.16. The van der Waals surface area contributed by atoms with Crippen molar-refractivity contribution in [2.24, 2.45) is 11.8 Å². The van der Waals surface area contributed by atoms with Crippen molar-refractivity contribution < 1.29 is 28.5 Å². The molecule has 1 fully saturated rings. The Morgan fingerprint density at radius 2 is 1.68 bits per heavy atom. The van der Waals surface area contributed by atoms with Crippen LogP contribution in [0.4, 0.5) is 4.79 Å². The summed E-state index contributed by atoms with van der Waals surface area (Å²) < 4.78 is 22.7. The second-order valence-electron chi connectivity index (χ2n) is 10.7. The molecule has 4 unspecified atom stereocenters. The van der Waals surface area contributed by atoms with Gasteiger partial charge in [-0.1, -0.05) is 75.7 Å². The zero-order chi connectivity index (χ0) is 29.1. The van der Waals surface area contributed by atoms with Gasteiger partial charge in [0.25, 0.3) is 5.56 Å². The first kappa shape index (κ1) is 28.4. The summed E-state index contributed by atoms with van der Waals surface area (Å²) in [5, 5.41) is 0. The highest BCUT2D eigenvalue weighted by Gasteiger charge is 2.33. The Kier molecular flexibility index (Phi) is 8.39. The second kappa shape index (κ2) is 12.1. The van der Waals surface area contributed by atoms with Gasteiger partial charge in [-0.15, -0.1) is 0 Å². The van der Waals surface area contributed by atoms with Crippen LogP contribution < -0.4 is 16.0 Å². The van der Waals surface area contributed by atoms with E-state index in [0.29, 0.717) is 18.3 Å². The van der Waals surface area contributed by atoms with Crippen LogP contribution in [0.1, 0.15) is 63.3 Å². The van der Waals surface area contributed by atoms with Crippen LogP contribution in [-0.4, -0.2) is 41.0 Å². The quantitative estimate of drug-likeness (QED) is 0.292. The first-order valence-corrected chi connectivity index (χ1v) is 14.0. The number of nitrogens with zero attached hydrogens (tertiary/aromatic N) is 1. The van der Waals surface area contributed by atoms with Gasteiger partial charge in [-0.2, -0.15) is 0 Å². The van der Waals surface area contributed by atoms with Crippen LogP contribution in [0, 0.1) is 11.8 Å². The van der Waals surface area contributed by atoms with Crippen LogP contribution >= 0.6 is 0 Å². The van der Waals surface area contributed by atoms with Gasteiger partial charge in [-0.05, 0) is 46.9 Å². The monoisotopic (exact) mass is 562 g/mol. The number of esters is 1. The minimum absolute atomic E-state index is 0.00896. The summed E-state index contributed by atoms with van der Waals surface area (Å²) >= 11 is 0. The molecule has 41 heavy (non-hydrogen) atoms. The van der Waals surface area contributed by atoms with Crippen molar-refractivity contribution in [3.8, 4) is 16.9 Å². The number of hydrogen-bond acceptors (Lipinski definition) is 8. The highest BCUT2D eigenvalue weighted by Crippen LogP contribution is 2.44. The summed E-state index contributed by atoms with van der Waals surface area (Å²) in [4.78, 5) is 51.6. The molecule has 1 aliphatic heterocycles. The Labute approximate surface area is 237 Å². The summed E-state index contributed by atoms with van der Waals surface area (Å²) in [5.74, 6) is -0.721. The smallest absolute Gasteiger partial charge is 0.475 e. The minimum atomic E-state index is -1.17. The molecule has 1 aromatic heterocycles. The molecule has 1 saturated heterocycles. The standard InChI is InChI=1S/C31H34N2O8/c1-4-18(2)19(3)25-13-14-27(40-25)33-15-26(29(35)32-30(33)36)38-17-28(34)41-31(37)39-16-24-22-11-7-5-9-20(22)21-10-6-8-12-23(21)24/h5-12,15,18-19,24-25,27H,4,13-14,16-17H2,1-3H3,(H,32,35,36). The lowest BCUT2D eigenvalue weighted by molar-refractivity contribution is -0.142. The molecule has 0 bridgehead atoms. The lowest BCUT2D eigenvalue weighted by Gasteiger charge is -2.25. The fourth-order valence-electron chi connectivity index (χ4n) is 5.64. The van der Waals surface area contributed by atoms with E-state index in [4.69, 9.17) is 18.9 Å². The van der Waals surface area contributed by atoms with Crippen LogP contribution in [0.15, 0.2) is 64.3 Å².